The molecule has 3 aromatic heterocycles. The molecule has 0 saturated heterocycles. The normalized spacial score (nSPS) is 17.4. The van der Waals surface area contributed by atoms with Crippen molar-refractivity contribution in [2.24, 2.45) is 10.3 Å². The Bertz CT molecular complexity index is 3300. The first kappa shape index (κ1) is 55.2. The number of aliphatic hydroxyl groups is 1. The number of fused-ring (bicyclic) bond motifs is 6. The van der Waals surface area contributed by atoms with Crippen molar-refractivity contribution in [3.63, 3.8) is 0 Å². The Morgan fingerprint density at radius 3 is 2.42 bits per heavy atom. The quantitative estimate of drug-likeness (QED) is 0.0415. The van der Waals surface area contributed by atoms with Gasteiger partial charge in [0.1, 0.15) is 25.3 Å². The topological polar surface area (TPSA) is 279 Å². The number of pyridine rings is 2. The Morgan fingerprint density at radius 1 is 0.949 bits per heavy atom. The van der Waals surface area contributed by atoms with E-state index in [1.54, 1.807) is 52.8 Å². The monoisotopic (exact) mass is 1090 g/mol. The average molecular weight is 1090 g/mol. The predicted octanol–water partition coefficient (Wildman–Crippen LogP) is 5.34. The first-order chi connectivity index (χ1) is 37.4. The van der Waals surface area contributed by atoms with E-state index in [9.17, 15) is 37.5 Å². The summed E-state index contributed by atoms with van der Waals surface area (Å²) in [6, 6.07) is 11.2. The second-order valence-corrected chi connectivity index (χ2v) is 22.2. The van der Waals surface area contributed by atoms with Crippen LogP contribution in [0.15, 0.2) is 75.1 Å². The van der Waals surface area contributed by atoms with Gasteiger partial charge < -0.3 is 49.1 Å². The highest BCUT2D eigenvalue weighted by Crippen LogP contribution is 2.43. The van der Waals surface area contributed by atoms with Gasteiger partial charge in [0.25, 0.3) is 5.56 Å². The van der Waals surface area contributed by atoms with Crippen LogP contribution in [0.3, 0.4) is 0 Å². The zero-order valence-corrected chi connectivity index (χ0v) is 45.3. The number of nitrogens with one attached hydrogen (secondary N) is 2. The van der Waals surface area contributed by atoms with Crippen molar-refractivity contribution in [2.45, 2.75) is 114 Å². The molecule has 0 aliphatic carbocycles. The van der Waals surface area contributed by atoms with Gasteiger partial charge in [0.15, 0.2) is 17.1 Å². The lowest BCUT2D eigenvalue weighted by Crippen LogP contribution is -2.44. The number of ether oxygens (including phenoxy) is 4. The second-order valence-electron chi connectivity index (χ2n) is 20.2. The highest BCUT2D eigenvalue weighted by atomic mass is 32.2. The van der Waals surface area contributed by atoms with Crippen LogP contribution in [0.2, 0.25) is 0 Å². The van der Waals surface area contributed by atoms with E-state index < -0.39 is 33.5 Å². The summed E-state index contributed by atoms with van der Waals surface area (Å²) in [5.74, 6) is -0.283. The van der Waals surface area contributed by atoms with Gasteiger partial charge in [-0.3, -0.25) is 19.4 Å². The molecule has 0 spiro atoms. The summed E-state index contributed by atoms with van der Waals surface area (Å²) in [6.45, 7) is 6.02. The van der Waals surface area contributed by atoms with Crippen molar-refractivity contribution >= 4 is 50.3 Å². The van der Waals surface area contributed by atoms with Crippen molar-refractivity contribution in [1.29, 1.82) is 0 Å². The molecular formula is C54H65N11O12S. The third-order valence-corrected chi connectivity index (χ3v) is 15.4. The van der Waals surface area contributed by atoms with Gasteiger partial charge in [-0.1, -0.05) is 30.7 Å². The fourth-order valence-corrected chi connectivity index (χ4v) is 10.6. The zero-order chi connectivity index (χ0) is 55.3. The van der Waals surface area contributed by atoms with Crippen LogP contribution in [-0.4, -0.2) is 138 Å². The minimum atomic E-state index is -3.51. The molecule has 7 heterocycles. The number of rotatable bonds is 23. The lowest BCUT2D eigenvalue weighted by Gasteiger charge is -2.31. The molecule has 0 radical (unpaired) electrons. The summed E-state index contributed by atoms with van der Waals surface area (Å²) >= 11 is 0. The van der Waals surface area contributed by atoms with E-state index >= 15 is 0 Å². The number of likely N-dealkylation sites (N-methyl/N-ethyl adjacent to an activating group) is 1. The molecule has 9 rings (SSSR count). The standard InChI is InChI=1S/C54H65N11O12S/c1-6-54(71)40-24-44-48-38(28-65(44)50(68)39(40)31-74-51(54)69)36(37-23-45-46(77-32-76-45)25-42(37)59-48)19-22-63(7-2)53(70)75-30-33-15-17-35(18-16-33)57-49(67)41(13-10-12-20-62(3)4)58-47(66)14-9-8-11-21-64-29-43(60-61-64)34-26-55-52(56-27-34)78(5,72)73/h15-18,23-27,41,43,71H,6-14,19-22,28-32H2,1-5H3,(H,57,67)(H,58,66)/t41-,43?,54-/m0/s1. The first-order valence-electron chi connectivity index (χ1n) is 26.3. The van der Waals surface area contributed by atoms with Crippen LogP contribution in [0.4, 0.5) is 10.5 Å². The number of carbonyl (C=O) groups excluding carboxylic acids is 4. The molecule has 3 atom stereocenters. The van der Waals surface area contributed by atoms with E-state index in [0.717, 1.165) is 55.0 Å². The van der Waals surface area contributed by atoms with E-state index in [4.69, 9.17) is 23.9 Å². The molecule has 5 aromatic rings. The maximum Gasteiger partial charge on any atom is 0.410 e. The van der Waals surface area contributed by atoms with Crippen LogP contribution >= 0.6 is 0 Å². The maximum absolute atomic E-state index is 14.0. The SMILES string of the molecule is CCN(CCc1c2c(nc3cc4c(cc13)OCO4)-c1cc3c(c(=O)n1C2)COC(=O)[C@]3(O)CC)C(=O)OCc1ccc(NC(=O)[C@H](CCCCN(C)C)NC(=O)CCCCCN2CC(c3cnc(S(C)(=O)=O)nc3)N=N2)cc1. The number of unbranched alkanes of at least 4 members (excludes halogenated alkanes) is 3. The molecule has 4 aliphatic heterocycles. The van der Waals surface area contributed by atoms with Gasteiger partial charge >= 0.3 is 12.1 Å². The number of benzene rings is 2. The fourth-order valence-electron chi connectivity index (χ4n) is 10.1. The number of aromatic nitrogens is 4. The molecule has 4 aliphatic rings. The van der Waals surface area contributed by atoms with E-state index in [1.807, 2.05) is 32.1 Å². The van der Waals surface area contributed by atoms with Gasteiger partial charge in [-0.05, 0) is 108 Å². The Balaban J connectivity index is 0.778. The maximum atomic E-state index is 14.0. The molecule has 1 unspecified atom stereocenters. The number of hydrogen-bond donors (Lipinski definition) is 3. The summed E-state index contributed by atoms with van der Waals surface area (Å²) in [7, 11) is 0.466. The van der Waals surface area contributed by atoms with Crippen molar-refractivity contribution < 1.29 is 51.6 Å². The van der Waals surface area contributed by atoms with Crippen LogP contribution in [0.5, 0.6) is 11.5 Å². The van der Waals surface area contributed by atoms with Crippen LogP contribution in [-0.2, 0) is 65.5 Å². The van der Waals surface area contributed by atoms with Crippen LogP contribution in [0.1, 0.15) is 105 Å². The Hall–Kier alpha value is -7.57. The number of carbonyl (C=O) groups is 4. The van der Waals surface area contributed by atoms with Gasteiger partial charge in [-0.2, -0.15) is 5.11 Å². The number of anilines is 1. The minimum absolute atomic E-state index is 0.0135. The van der Waals surface area contributed by atoms with Gasteiger partial charge in [0, 0.05) is 78.5 Å². The highest BCUT2D eigenvalue weighted by molar-refractivity contribution is 7.90. The summed E-state index contributed by atoms with van der Waals surface area (Å²) < 4.78 is 47.5. The highest BCUT2D eigenvalue weighted by Gasteiger charge is 2.45. The smallest absolute Gasteiger partial charge is 0.410 e. The summed E-state index contributed by atoms with van der Waals surface area (Å²) in [5, 5.41) is 28.2. The summed E-state index contributed by atoms with van der Waals surface area (Å²) in [4.78, 5) is 84.0. The van der Waals surface area contributed by atoms with E-state index in [2.05, 4.69) is 35.8 Å². The van der Waals surface area contributed by atoms with Crippen molar-refractivity contribution in [1.82, 2.24) is 39.6 Å². The number of esters is 1. The Morgan fingerprint density at radius 2 is 1.71 bits per heavy atom. The van der Waals surface area contributed by atoms with Gasteiger partial charge in [0.05, 0.1) is 35.6 Å². The van der Waals surface area contributed by atoms with Crippen molar-refractivity contribution in [3.05, 3.63) is 98.6 Å². The number of cyclic esters (lactones) is 1. The van der Waals surface area contributed by atoms with Gasteiger partial charge in [0.2, 0.25) is 33.6 Å². The van der Waals surface area contributed by atoms with Crippen LogP contribution in [0, 0.1) is 0 Å². The fraction of sp³-hybridized carbons (Fsp3) is 0.481. The molecule has 23 nitrogen and oxygen atoms in total. The molecule has 0 bridgehead atoms. The minimum Gasteiger partial charge on any atom is -0.458 e. The van der Waals surface area contributed by atoms with Gasteiger partial charge in [-0.25, -0.2) is 33.0 Å². The third kappa shape index (κ3) is 12.1. The largest absolute Gasteiger partial charge is 0.458 e. The molecule has 3 N–H and O–H groups in total. The molecule has 3 amide bonds. The molecule has 414 valence electrons. The molecule has 2 aromatic carbocycles. The van der Waals surface area contributed by atoms with E-state index in [1.165, 1.54) is 12.4 Å². The van der Waals surface area contributed by atoms with Crippen LogP contribution < -0.4 is 25.7 Å². The first-order valence-corrected chi connectivity index (χ1v) is 28.2. The zero-order valence-electron chi connectivity index (χ0n) is 44.4. The van der Waals surface area contributed by atoms with Gasteiger partial charge in [-0.15, -0.1) is 0 Å². The second kappa shape index (κ2) is 23.6. The molecule has 0 saturated carbocycles. The lowest BCUT2D eigenvalue weighted by molar-refractivity contribution is -0.172. The summed E-state index contributed by atoms with van der Waals surface area (Å²) in [6.07, 6.45) is 8.23. The number of amides is 3. The molecule has 24 heteroatoms. The number of hydrogen-bond acceptors (Lipinski definition) is 19. The Kier molecular flexibility index (Phi) is 16.7. The average Bonchev–Trinajstić information content (AvgIpc) is 4.20. The number of nitrogens with zero attached hydrogens (tertiary/aromatic N) is 9. The lowest BCUT2D eigenvalue weighted by atomic mass is 9.86. The third-order valence-electron chi connectivity index (χ3n) is 14.5. The van der Waals surface area contributed by atoms with E-state index in [0.29, 0.717) is 84.1 Å². The predicted molar refractivity (Wildman–Crippen MR) is 284 cm³/mol. The van der Waals surface area contributed by atoms with Crippen molar-refractivity contribution in [3.8, 4) is 22.9 Å². The molecular weight excluding hydrogens is 1030 g/mol. The Labute approximate surface area is 451 Å². The molecule has 0 fully saturated rings. The van der Waals surface area contributed by atoms with E-state index in [-0.39, 0.29) is 85.6 Å². The summed E-state index contributed by atoms with van der Waals surface area (Å²) in [5.41, 5.74) is 3.14. The molecule has 78 heavy (non-hydrogen) atoms. The van der Waals surface area contributed by atoms with Crippen molar-refractivity contribution in [2.75, 3.05) is 65.2 Å². The number of sulfone groups is 1. The van der Waals surface area contributed by atoms with Crippen LogP contribution in [0.25, 0.3) is 22.3 Å².